The SMILES string of the molecule is COc1ccc2ncn(C3CCCNC3)c2c1. The van der Waals surface area contributed by atoms with Gasteiger partial charge in [-0.2, -0.15) is 0 Å². The summed E-state index contributed by atoms with van der Waals surface area (Å²) in [6, 6.07) is 6.55. The van der Waals surface area contributed by atoms with Crippen LogP contribution in [0.2, 0.25) is 0 Å². The van der Waals surface area contributed by atoms with E-state index in [2.05, 4.69) is 20.9 Å². The van der Waals surface area contributed by atoms with Crippen molar-refractivity contribution in [2.24, 2.45) is 0 Å². The zero-order valence-corrected chi connectivity index (χ0v) is 10.0. The first-order chi connectivity index (χ1) is 8.38. The number of imidazole rings is 1. The fourth-order valence-corrected chi connectivity index (χ4v) is 2.49. The van der Waals surface area contributed by atoms with E-state index in [4.69, 9.17) is 4.74 Å². The third-order valence-corrected chi connectivity index (χ3v) is 3.45. The van der Waals surface area contributed by atoms with Crippen molar-refractivity contribution in [2.75, 3.05) is 20.2 Å². The lowest BCUT2D eigenvalue weighted by molar-refractivity contribution is 0.377. The van der Waals surface area contributed by atoms with Gasteiger partial charge in [-0.25, -0.2) is 4.98 Å². The Labute approximate surface area is 101 Å². The lowest BCUT2D eigenvalue weighted by Crippen LogP contribution is -2.31. The molecule has 0 saturated carbocycles. The molecule has 1 aromatic heterocycles. The Bertz CT molecular complexity index is 514. The van der Waals surface area contributed by atoms with Crippen molar-refractivity contribution in [1.82, 2.24) is 14.9 Å². The van der Waals surface area contributed by atoms with E-state index in [-0.39, 0.29) is 0 Å². The molecule has 1 aromatic carbocycles. The minimum absolute atomic E-state index is 0.515. The summed E-state index contributed by atoms with van der Waals surface area (Å²) in [5.41, 5.74) is 2.20. The Morgan fingerprint density at radius 1 is 1.47 bits per heavy atom. The minimum atomic E-state index is 0.515. The van der Waals surface area contributed by atoms with Gasteiger partial charge in [0.25, 0.3) is 0 Å². The fraction of sp³-hybridized carbons (Fsp3) is 0.462. The fourth-order valence-electron chi connectivity index (χ4n) is 2.49. The lowest BCUT2D eigenvalue weighted by atomic mass is 10.1. The van der Waals surface area contributed by atoms with Gasteiger partial charge in [-0.3, -0.25) is 0 Å². The maximum atomic E-state index is 5.28. The van der Waals surface area contributed by atoms with Crippen LogP contribution >= 0.6 is 0 Å². The molecular weight excluding hydrogens is 214 g/mol. The van der Waals surface area contributed by atoms with Crippen LogP contribution in [0.4, 0.5) is 0 Å². The number of aromatic nitrogens is 2. The Kier molecular flexibility index (Phi) is 2.73. The Morgan fingerprint density at radius 3 is 3.18 bits per heavy atom. The number of nitrogens with one attached hydrogen (secondary N) is 1. The second kappa shape index (κ2) is 4.37. The topological polar surface area (TPSA) is 39.1 Å². The maximum absolute atomic E-state index is 5.28. The monoisotopic (exact) mass is 231 g/mol. The predicted molar refractivity (Wildman–Crippen MR) is 67.4 cm³/mol. The molecule has 0 radical (unpaired) electrons. The van der Waals surface area contributed by atoms with Crippen LogP contribution in [-0.4, -0.2) is 29.8 Å². The zero-order chi connectivity index (χ0) is 11.7. The van der Waals surface area contributed by atoms with E-state index in [9.17, 15) is 0 Å². The van der Waals surface area contributed by atoms with E-state index in [1.165, 1.54) is 12.8 Å². The van der Waals surface area contributed by atoms with Gasteiger partial charge >= 0.3 is 0 Å². The largest absolute Gasteiger partial charge is 0.497 e. The number of hydrogen-bond acceptors (Lipinski definition) is 3. The molecular formula is C13H17N3O. The first-order valence-corrected chi connectivity index (χ1v) is 6.10. The lowest BCUT2D eigenvalue weighted by Gasteiger charge is -2.24. The molecule has 0 bridgehead atoms. The van der Waals surface area contributed by atoms with Crippen LogP contribution in [0.25, 0.3) is 11.0 Å². The summed E-state index contributed by atoms with van der Waals surface area (Å²) in [5.74, 6) is 0.892. The highest BCUT2D eigenvalue weighted by Crippen LogP contribution is 2.25. The van der Waals surface area contributed by atoms with E-state index in [1.807, 2.05) is 18.5 Å². The van der Waals surface area contributed by atoms with Crippen LogP contribution in [0.5, 0.6) is 5.75 Å². The molecule has 4 nitrogen and oxygen atoms in total. The average molecular weight is 231 g/mol. The van der Waals surface area contributed by atoms with Gasteiger partial charge in [0.05, 0.1) is 24.5 Å². The summed E-state index contributed by atoms with van der Waals surface area (Å²) < 4.78 is 7.55. The first-order valence-electron chi connectivity index (χ1n) is 6.10. The number of nitrogens with zero attached hydrogens (tertiary/aromatic N) is 2. The van der Waals surface area contributed by atoms with E-state index in [0.717, 1.165) is 29.9 Å². The molecule has 17 heavy (non-hydrogen) atoms. The summed E-state index contributed by atoms with van der Waals surface area (Å²) in [5, 5.41) is 3.44. The highest BCUT2D eigenvalue weighted by Gasteiger charge is 2.17. The summed E-state index contributed by atoms with van der Waals surface area (Å²) in [7, 11) is 1.70. The standard InChI is InChI=1S/C13H17N3O/c1-17-11-4-5-12-13(7-11)16(9-15-12)10-3-2-6-14-8-10/h4-5,7,9-10,14H,2-3,6,8H2,1H3. The van der Waals surface area contributed by atoms with Crippen LogP contribution in [0.3, 0.4) is 0 Å². The van der Waals surface area contributed by atoms with Gasteiger partial charge in [-0.15, -0.1) is 0 Å². The molecule has 1 saturated heterocycles. The van der Waals surface area contributed by atoms with E-state index < -0.39 is 0 Å². The van der Waals surface area contributed by atoms with Gasteiger partial charge in [0.2, 0.25) is 0 Å². The molecule has 1 aliphatic rings. The van der Waals surface area contributed by atoms with Crippen molar-refractivity contribution < 1.29 is 4.74 Å². The molecule has 2 aromatic rings. The van der Waals surface area contributed by atoms with Gasteiger partial charge in [0.1, 0.15) is 5.75 Å². The van der Waals surface area contributed by atoms with Crippen molar-refractivity contribution in [3.8, 4) is 5.75 Å². The van der Waals surface area contributed by atoms with Crippen molar-refractivity contribution in [3.63, 3.8) is 0 Å². The summed E-state index contributed by atoms with van der Waals surface area (Å²) in [4.78, 5) is 4.45. The molecule has 1 fully saturated rings. The van der Waals surface area contributed by atoms with Crippen molar-refractivity contribution >= 4 is 11.0 Å². The van der Waals surface area contributed by atoms with Gasteiger partial charge in [0, 0.05) is 18.7 Å². The molecule has 1 aliphatic heterocycles. The van der Waals surface area contributed by atoms with Crippen LogP contribution in [0, 0.1) is 0 Å². The Hall–Kier alpha value is -1.55. The quantitative estimate of drug-likeness (QED) is 0.859. The number of rotatable bonds is 2. The second-order valence-electron chi connectivity index (χ2n) is 4.51. The number of benzene rings is 1. The molecule has 0 amide bonds. The van der Waals surface area contributed by atoms with E-state index in [1.54, 1.807) is 7.11 Å². The zero-order valence-electron chi connectivity index (χ0n) is 10.0. The van der Waals surface area contributed by atoms with Crippen LogP contribution in [0.1, 0.15) is 18.9 Å². The highest BCUT2D eigenvalue weighted by atomic mass is 16.5. The Balaban J connectivity index is 2.02. The maximum Gasteiger partial charge on any atom is 0.121 e. The van der Waals surface area contributed by atoms with E-state index in [0.29, 0.717) is 6.04 Å². The highest BCUT2D eigenvalue weighted by molar-refractivity contribution is 5.77. The van der Waals surface area contributed by atoms with Gasteiger partial charge in [0.15, 0.2) is 0 Å². The molecule has 1 unspecified atom stereocenters. The number of fused-ring (bicyclic) bond motifs is 1. The molecule has 0 spiro atoms. The van der Waals surface area contributed by atoms with Crippen molar-refractivity contribution in [1.29, 1.82) is 0 Å². The van der Waals surface area contributed by atoms with E-state index >= 15 is 0 Å². The number of hydrogen-bond donors (Lipinski definition) is 1. The van der Waals surface area contributed by atoms with Crippen LogP contribution < -0.4 is 10.1 Å². The molecule has 1 atom stereocenters. The second-order valence-corrected chi connectivity index (χ2v) is 4.51. The van der Waals surface area contributed by atoms with Crippen molar-refractivity contribution in [2.45, 2.75) is 18.9 Å². The molecule has 90 valence electrons. The summed E-state index contributed by atoms with van der Waals surface area (Å²) in [6.45, 7) is 2.16. The number of methoxy groups -OCH3 is 1. The predicted octanol–water partition coefficient (Wildman–Crippen LogP) is 1.97. The molecule has 4 heteroatoms. The third kappa shape index (κ3) is 1.89. The van der Waals surface area contributed by atoms with Crippen LogP contribution in [-0.2, 0) is 0 Å². The van der Waals surface area contributed by atoms with Gasteiger partial charge in [-0.05, 0) is 31.5 Å². The van der Waals surface area contributed by atoms with Gasteiger partial charge < -0.3 is 14.6 Å². The first kappa shape index (κ1) is 10.6. The minimum Gasteiger partial charge on any atom is -0.497 e. The number of ether oxygens (including phenoxy) is 1. The molecule has 1 N–H and O–H groups in total. The third-order valence-electron chi connectivity index (χ3n) is 3.45. The average Bonchev–Trinajstić information content (AvgIpc) is 2.82. The molecule has 0 aliphatic carbocycles. The Morgan fingerprint density at radius 2 is 2.41 bits per heavy atom. The number of piperidine rings is 1. The molecule has 3 rings (SSSR count). The van der Waals surface area contributed by atoms with Gasteiger partial charge in [-0.1, -0.05) is 0 Å². The van der Waals surface area contributed by atoms with Crippen LogP contribution in [0.15, 0.2) is 24.5 Å². The van der Waals surface area contributed by atoms with Crippen molar-refractivity contribution in [3.05, 3.63) is 24.5 Å². The summed E-state index contributed by atoms with van der Waals surface area (Å²) in [6.07, 6.45) is 4.39. The smallest absolute Gasteiger partial charge is 0.121 e. The normalized spacial score (nSPS) is 20.6. The summed E-state index contributed by atoms with van der Waals surface area (Å²) >= 11 is 0. The molecule has 2 heterocycles.